The zero-order valence-electron chi connectivity index (χ0n) is 8.63. The topological polar surface area (TPSA) is 17.2 Å². The van der Waals surface area contributed by atoms with Crippen LogP contribution in [0.15, 0.2) is 53.7 Å². The first kappa shape index (κ1) is 10.7. The predicted molar refractivity (Wildman–Crippen MR) is 66.5 cm³/mol. The molecule has 2 rings (SSSR count). The Balaban J connectivity index is 1.98. The summed E-state index contributed by atoms with van der Waals surface area (Å²) in [5.41, 5.74) is 1.87. The SMILES string of the molecule is [C-]#[N+]c1ccc(SCc2ccccc2)nc1. The first-order chi connectivity index (χ1) is 7.88. The highest BCUT2D eigenvalue weighted by Gasteiger charge is 1.97. The van der Waals surface area contributed by atoms with Gasteiger partial charge in [-0.05, 0) is 11.6 Å². The third kappa shape index (κ3) is 2.85. The number of hydrogen-bond acceptors (Lipinski definition) is 2. The van der Waals surface area contributed by atoms with Crippen LogP contribution in [-0.4, -0.2) is 4.98 Å². The van der Waals surface area contributed by atoms with Crippen LogP contribution in [0.25, 0.3) is 4.85 Å². The zero-order valence-corrected chi connectivity index (χ0v) is 9.45. The lowest BCUT2D eigenvalue weighted by atomic mass is 10.2. The molecule has 1 aromatic carbocycles. The Morgan fingerprint density at radius 2 is 1.94 bits per heavy atom. The quantitative estimate of drug-likeness (QED) is 0.583. The lowest BCUT2D eigenvalue weighted by Crippen LogP contribution is -1.81. The number of benzene rings is 1. The normalized spacial score (nSPS) is 9.69. The van der Waals surface area contributed by atoms with Crippen LogP contribution < -0.4 is 0 Å². The third-order valence-electron chi connectivity index (χ3n) is 2.08. The maximum atomic E-state index is 6.83. The van der Waals surface area contributed by atoms with Crippen LogP contribution in [0.3, 0.4) is 0 Å². The van der Waals surface area contributed by atoms with Gasteiger partial charge in [0.25, 0.3) is 0 Å². The largest absolute Gasteiger partial charge is 0.262 e. The van der Waals surface area contributed by atoms with E-state index in [0.717, 1.165) is 10.8 Å². The van der Waals surface area contributed by atoms with Gasteiger partial charge in [0.15, 0.2) is 0 Å². The van der Waals surface area contributed by atoms with Crippen molar-refractivity contribution in [2.24, 2.45) is 0 Å². The minimum Gasteiger partial charge on any atom is -0.262 e. The molecule has 0 aliphatic carbocycles. The third-order valence-corrected chi connectivity index (χ3v) is 3.09. The Morgan fingerprint density at radius 1 is 1.12 bits per heavy atom. The van der Waals surface area contributed by atoms with E-state index in [1.54, 1.807) is 24.0 Å². The van der Waals surface area contributed by atoms with Crippen LogP contribution >= 0.6 is 11.8 Å². The molecule has 0 saturated carbocycles. The number of aromatic nitrogens is 1. The maximum absolute atomic E-state index is 6.83. The molecule has 0 bridgehead atoms. The second-order valence-corrected chi connectivity index (χ2v) is 4.24. The van der Waals surface area contributed by atoms with Gasteiger partial charge in [0.05, 0.1) is 11.6 Å². The molecule has 2 aromatic rings. The fourth-order valence-corrected chi connectivity index (χ4v) is 2.05. The Morgan fingerprint density at radius 3 is 2.56 bits per heavy atom. The monoisotopic (exact) mass is 226 g/mol. The molecule has 16 heavy (non-hydrogen) atoms. The lowest BCUT2D eigenvalue weighted by molar-refractivity contribution is 1.14. The van der Waals surface area contributed by atoms with Crippen molar-refractivity contribution in [2.45, 2.75) is 10.8 Å². The Kier molecular flexibility index (Phi) is 3.58. The van der Waals surface area contributed by atoms with E-state index in [-0.39, 0.29) is 0 Å². The minimum absolute atomic E-state index is 0.587. The average molecular weight is 226 g/mol. The van der Waals surface area contributed by atoms with E-state index in [1.807, 2.05) is 24.3 Å². The van der Waals surface area contributed by atoms with E-state index >= 15 is 0 Å². The van der Waals surface area contributed by atoms with Gasteiger partial charge in [-0.3, -0.25) is 4.98 Å². The van der Waals surface area contributed by atoms with Crippen molar-refractivity contribution in [3.05, 3.63) is 65.6 Å². The van der Waals surface area contributed by atoms with Gasteiger partial charge in [-0.2, -0.15) is 0 Å². The summed E-state index contributed by atoms with van der Waals surface area (Å²) in [6.45, 7) is 6.83. The Bertz CT molecular complexity index is 486. The molecule has 0 radical (unpaired) electrons. The molecule has 1 heterocycles. The summed E-state index contributed by atoms with van der Waals surface area (Å²) in [6.07, 6.45) is 1.61. The highest BCUT2D eigenvalue weighted by molar-refractivity contribution is 7.98. The fourth-order valence-electron chi connectivity index (χ4n) is 1.26. The van der Waals surface area contributed by atoms with Gasteiger partial charge in [-0.15, -0.1) is 11.8 Å². The van der Waals surface area contributed by atoms with Crippen molar-refractivity contribution in [1.82, 2.24) is 4.98 Å². The van der Waals surface area contributed by atoms with Crippen molar-refractivity contribution in [2.75, 3.05) is 0 Å². The molecule has 0 spiro atoms. The van der Waals surface area contributed by atoms with Crippen molar-refractivity contribution in [3.63, 3.8) is 0 Å². The first-order valence-electron chi connectivity index (χ1n) is 4.89. The van der Waals surface area contributed by atoms with Crippen molar-refractivity contribution in [1.29, 1.82) is 0 Å². The molecule has 0 saturated heterocycles. The average Bonchev–Trinajstić information content (AvgIpc) is 2.38. The Hall–Kier alpha value is -1.79. The smallest absolute Gasteiger partial charge is 0.205 e. The summed E-state index contributed by atoms with van der Waals surface area (Å²) in [4.78, 5) is 7.52. The molecule has 0 unspecified atom stereocenters. The molecule has 1 aromatic heterocycles. The summed E-state index contributed by atoms with van der Waals surface area (Å²) in [6, 6.07) is 14.0. The highest BCUT2D eigenvalue weighted by atomic mass is 32.2. The second kappa shape index (κ2) is 5.34. The van der Waals surface area contributed by atoms with Crippen LogP contribution in [0.1, 0.15) is 5.56 Å². The molecular formula is C13H10N2S. The summed E-state index contributed by atoms with van der Waals surface area (Å²) >= 11 is 1.68. The van der Waals surface area contributed by atoms with Gasteiger partial charge in [0.2, 0.25) is 5.69 Å². The second-order valence-electron chi connectivity index (χ2n) is 3.24. The molecule has 2 nitrogen and oxygen atoms in total. The van der Waals surface area contributed by atoms with Crippen LogP contribution in [0.2, 0.25) is 0 Å². The molecular weight excluding hydrogens is 216 g/mol. The molecule has 3 heteroatoms. The van der Waals surface area contributed by atoms with Gasteiger partial charge in [-0.1, -0.05) is 36.4 Å². The fraction of sp³-hybridized carbons (Fsp3) is 0.0769. The van der Waals surface area contributed by atoms with Gasteiger partial charge in [-0.25, -0.2) is 4.85 Å². The molecule has 0 atom stereocenters. The van der Waals surface area contributed by atoms with E-state index in [9.17, 15) is 0 Å². The summed E-state index contributed by atoms with van der Waals surface area (Å²) in [7, 11) is 0. The molecule has 0 aliphatic heterocycles. The van der Waals surface area contributed by atoms with Crippen LogP contribution in [0, 0.1) is 6.57 Å². The number of rotatable bonds is 3. The van der Waals surface area contributed by atoms with Crippen molar-refractivity contribution >= 4 is 17.4 Å². The zero-order chi connectivity index (χ0) is 11.2. The van der Waals surface area contributed by atoms with Gasteiger partial charge >= 0.3 is 0 Å². The lowest BCUT2D eigenvalue weighted by Gasteiger charge is -2.00. The number of thioether (sulfide) groups is 1. The Labute approximate surface area is 99.2 Å². The van der Waals surface area contributed by atoms with E-state index in [4.69, 9.17) is 6.57 Å². The van der Waals surface area contributed by atoms with Gasteiger partial charge in [0.1, 0.15) is 0 Å². The molecule has 0 amide bonds. The molecule has 0 aliphatic rings. The van der Waals surface area contributed by atoms with Crippen molar-refractivity contribution < 1.29 is 0 Å². The standard InChI is InChI=1S/C13H10N2S/c1-14-12-7-8-13(15-9-12)16-10-11-5-3-2-4-6-11/h2-9H,10H2. The van der Waals surface area contributed by atoms with Crippen LogP contribution in [0.5, 0.6) is 0 Å². The van der Waals surface area contributed by atoms with E-state index in [0.29, 0.717) is 5.69 Å². The highest BCUT2D eigenvalue weighted by Crippen LogP contribution is 2.22. The molecule has 0 fully saturated rings. The minimum atomic E-state index is 0.587. The summed E-state index contributed by atoms with van der Waals surface area (Å²) in [5.74, 6) is 0.908. The summed E-state index contributed by atoms with van der Waals surface area (Å²) in [5, 5.41) is 0.955. The van der Waals surface area contributed by atoms with E-state index in [2.05, 4.69) is 22.0 Å². The molecule has 0 N–H and O–H groups in total. The van der Waals surface area contributed by atoms with E-state index < -0.39 is 0 Å². The van der Waals surface area contributed by atoms with Crippen LogP contribution in [0.4, 0.5) is 5.69 Å². The number of hydrogen-bond donors (Lipinski definition) is 0. The van der Waals surface area contributed by atoms with Crippen molar-refractivity contribution in [3.8, 4) is 0 Å². The molecule has 78 valence electrons. The van der Waals surface area contributed by atoms with Gasteiger partial charge in [0, 0.05) is 11.9 Å². The van der Waals surface area contributed by atoms with Crippen LogP contribution in [-0.2, 0) is 5.75 Å². The maximum Gasteiger partial charge on any atom is 0.205 e. The van der Waals surface area contributed by atoms with Gasteiger partial charge < -0.3 is 0 Å². The first-order valence-corrected chi connectivity index (χ1v) is 5.87. The number of nitrogens with zero attached hydrogens (tertiary/aromatic N) is 2. The predicted octanol–water partition coefficient (Wildman–Crippen LogP) is 3.92. The number of pyridine rings is 1. The summed E-state index contributed by atoms with van der Waals surface area (Å²) < 4.78 is 0. The van der Waals surface area contributed by atoms with E-state index in [1.165, 1.54) is 5.56 Å².